The molecular formula is C17H16N4O3S. The van der Waals surface area contributed by atoms with E-state index in [0.29, 0.717) is 25.2 Å². The lowest BCUT2D eigenvalue weighted by Crippen LogP contribution is -2.62. The van der Waals surface area contributed by atoms with Crippen LogP contribution >= 0.6 is 11.8 Å². The smallest absolute Gasteiger partial charge is 0.289 e. The molecule has 2 saturated heterocycles. The molecule has 4 rings (SSSR count). The fraction of sp³-hybridized carbons (Fsp3) is 0.294. The number of likely N-dealkylation sites (tertiary alicyclic amines) is 1. The average Bonchev–Trinajstić information content (AvgIpc) is 3.19. The minimum Gasteiger partial charge on any atom is -0.334 e. The Morgan fingerprint density at radius 2 is 1.96 bits per heavy atom. The zero-order chi connectivity index (χ0) is 17.4. The molecule has 8 heteroatoms. The first-order valence-corrected chi connectivity index (χ1v) is 8.93. The van der Waals surface area contributed by atoms with Crippen molar-refractivity contribution in [2.75, 3.05) is 18.8 Å². The standard InChI is InChI=1S/C17H16N4O3S/c22-15-10-25-17(24)21(15)14-8-20(9-14)16(23)13-3-1-12(2-4-13)7-19-6-5-18-11-19/h1-6,11,14H,7-10H2. The van der Waals surface area contributed by atoms with Gasteiger partial charge in [0.15, 0.2) is 0 Å². The van der Waals surface area contributed by atoms with Crippen molar-refractivity contribution in [3.05, 3.63) is 54.1 Å². The number of aromatic nitrogens is 2. The molecule has 2 aliphatic heterocycles. The Bertz CT molecular complexity index is 797. The number of hydrogen-bond acceptors (Lipinski definition) is 5. The van der Waals surface area contributed by atoms with Crippen molar-refractivity contribution in [2.24, 2.45) is 0 Å². The molecule has 25 heavy (non-hydrogen) atoms. The fourth-order valence-corrected chi connectivity index (χ4v) is 3.80. The Hall–Kier alpha value is -2.61. The van der Waals surface area contributed by atoms with E-state index in [-0.39, 0.29) is 28.8 Å². The Kier molecular flexibility index (Phi) is 4.04. The van der Waals surface area contributed by atoms with Gasteiger partial charge in [0.05, 0.1) is 18.1 Å². The second kappa shape index (κ2) is 6.36. The molecule has 2 fully saturated rings. The van der Waals surface area contributed by atoms with E-state index in [0.717, 1.165) is 17.3 Å². The number of amides is 3. The number of rotatable bonds is 4. The third-order valence-corrected chi connectivity index (χ3v) is 5.26. The molecule has 2 aliphatic rings. The summed E-state index contributed by atoms with van der Waals surface area (Å²) in [4.78, 5) is 42.9. The van der Waals surface area contributed by atoms with Crippen LogP contribution in [0.15, 0.2) is 43.0 Å². The Balaban J connectivity index is 1.36. The summed E-state index contributed by atoms with van der Waals surface area (Å²) in [5.41, 5.74) is 1.70. The number of benzene rings is 1. The van der Waals surface area contributed by atoms with Crippen LogP contribution in [0.25, 0.3) is 0 Å². The Labute approximate surface area is 148 Å². The number of imidazole rings is 1. The average molecular weight is 356 g/mol. The summed E-state index contributed by atoms with van der Waals surface area (Å²) >= 11 is 1.03. The van der Waals surface area contributed by atoms with Crippen LogP contribution in [0.1, 0.15) is 15.9 Å². The van der Waals surface area contributed by atoms with Crippen LogP contribution in [0.5, 0.6) is 0 Å². The summed E-state index contributed by atoms with van der Waals surface area (Å²) in [6, 6.07) is 7.29. The van der Waals surface area contributed by atoms with Gasteiger partial charge in [-0.05, 0) is 17.7 Å². The number of carbonyl (C=O) groups is 3. The van der Waals surface area contributed by atoms with Crippen LogP contribution in [0.2, 0.25) is 0 Å². The largest absolute Gasteiger partial charge is 0.334 e. The summed E-state index contributed by atoms with van der Waals surface area (Å²) in [6.45, 7) is 1.53. The predicted octanol–water partition coefficient (Wildman–Crippen LogP) is 1.45. The third kappa shape index (κ3) is 3.05. The van der Waals surface area contributed by atoms with E-state index in [1.54, 1.807) is 17.4 Å². The molecule has 0 saturated carbocycles. The highest BCUT2D eigenvalue weighted by Gasteiger charge is 2.43. The Morgan fingerprint density at radius 1 is 1.20 bits per heavy atom. The first-order valence-electron chi connectivity index (χ1n) is 7.94. The maximum atomic E-state index is 12.5. The highest BCUT2D eigenvalue weighted by atomic mass is 32.2. The van der Waals surface area contributed by atoms with Crippen molar-refractivity contribution in [3.8, 4) is 0 Å². The molecule has 0 N–H and O–H groups in total. The van der Waals surface area contributed by atoms with Crippen molar-refractivity contribution in [1.82, 2.24) is 19.4 Å². The van der Waals surface area contributed by atoms with Crippen LogP contribution in [0.4, 0.5) is 4.79 Å². The molecule has 0 atom stereocenters. The zero-order valence-corrected chi connectivity index (χ0v) is 14.2. The molecule has 0 spiro atoms. The number of thioether (sulfide) groups is 1. The van der Waals surface area contributed by atoms with Gasteiger partial charge in [-0.1, -0.05) is 23.9 Å². The van der Waals surface area contributed by atoms with Crippen LogP contribution < -0.4 is 0 Å². The molecule has 1 aromatic carbocycles. The maximum absolute atomic E-state index is 12.5. The van der Waals surface area contributed by atoms with E-state index < -0.39 is 0 Å². The lowest BCUT2D eigenvalue weighted by atomic mass is 10.0. The van der Waals surface area contributed by atoms with Gasteiger partial charge in [0, 0.05) is 37.6 Å². The number of carbonyl (C=O) groups excluding carboxylic acids is 3. The molecule has 0 unspecified atom stereocenters. The van der Waals surface area contributed by atoms with E-state index in [1.807, 2.05) is 35.0 Å². The van der Waals surface area contributed by atoms with Crippen LogP contribution in [0, 0.1) is 0 Å². The second-order valence-corrected chi connectivity index (χ2v) is 7.04. The van der Waals surface area contributed by atoms with Crippen molar-refractivity contribution in [2.45, 2.75) is 12.6 Å². The molecule has 2 aromatic rings. The highest BCUT2D eigenvalue weighted by molar-refractivity contribution is 8.14. The predicted molar refractivity (Wildman–Crippen MR) is 92.2 cm³/mol. The summed E-state index contributed by atoms with van der Waals surface area (Å²) in [6.07, 6.45) is 5.36. The molecule has 3 amide bonds. The van der Waals surface area contributed by atoms with Gasteiger partial charge in [0.2, 0.25) is 5.91 Å². The summed E-state index contributed by atoms with van der Waals surface area (Å²) in [5, 5.41) is -0.203. The first kappa shape index (κ1) is 15.9. The Morgan fingerprint density at radius 3 is 2.56 bits per heavy atom. The first-order chi connectivity index (χ1) is 12.1. The lowest BCUT2D eigenvalue weighted by Gasteiger charge is -2.42. The molecule has 3 heterocycles. The molecule has 7 nitrogen and oxygen atoms in total. The van der Waals surface area contributed by atoms with Gasteiger partial charge in [-0.2, -0.15) is 0 Å². The molecule has 0 radical (unpaired) electrons. The SMILES string of the molecule is O=C(c1ccc(Cn2ccnc2)cc1)N1CC(N2C(=O)CSC2=O)C1. The number of nitrogens with zero attached hydrogens (tertiary/aromatic N) is 4. The topological polar surface area (TPSA) is 75.5 Å². The van der Waals surface area contributed by atoms with Gasteiger partial charge >= 0.3 is 0 Å². The molecular weight excluding hydrogens is 340 g/mol. The lowest BCUT2D eigenvalue weighted by molar-refractivity contribution is -0.128. The maximum Gasteiger partial charge on any atom is 0.289 e. The third-order valence-electron chi connectivity index (χ3n) is 4.42. The van der Waals surface area contributed by atoms with Gasteiger partial charge < -0.3 is 9.47 Å². The van der Waals surface area contributed by atoms with Crippen molar-refractivity contribution in [3.63, 3.8) is 0 Å². The molecule has 0 aliphatic carbocycles. The van der Waals surface area contributed by atoms with Gasteiger partial charge in [-0.15, -0.1) is 0 Å². The van der Waals surface area contributed by atoms with Crippen LogP contribution in [-0.2, 0) is 11.3 Å². The summed E-state index contributed by atoms with van der Waals surface area (Å²) in [7, 11) is 0. The highest BCUT2D eigenvalue weighted by Crippen LogP contribution is 2.27. The van der Waals surface area contributed by atoms with Gasteiger partial charge in [0.25, 0.3) is 11.1 Å². The van der Waals surface area contributed by atoms with Crippen molar-refractivity contribution in [1.29, 1.82) is 0 Å². The monoisotopic (exact) mass is 356 g/mol. The number of imide groups is 1. The van der Waals surface area contributed by atoms with E-state index in [4.69, 9.17) is 0 Å². The van der Waals surface area contributed by atoms with Crippen LogP contribution in [0.3, 0.4) is 0 Å². The van der Waals surface area contributed by atoms with E-state index >= 15 is 0 Å². The second-order valence-electron chi connectivity index (χ2n) is 6.11. The van der Waals surface area contributed by atoms with Gasteiger partial charge in [0.1, 0.15) is 0 Å². The van der Waals surface area contributed by atoms with E-state index in [1.165, 1.54) is 4.90 Å². The minimum absolute atomic E-state index is 0.0721. The summed E-state index contributed by atoms with van der Waals surface area (Å²) < 4.78 is 1.96. The van der Waals surface area contributed by atoms with Crippen molar-refractivity contribution < 1.29 is 14.4 Å². The van der Waals surface area contributed by atoms with Gasteiger partial charge in [-0.25, -0.2) is 4.98 Å². The fourth-order valence-electron chi connectivity index (χ4n) is 3.03. The van der Waals surface area contributed by atoms with Crippen LogP contribution in [-0.4, -0.2) is 61.3 Å². The van der Waals surface area contributed by atoms with E-state index in [9.17, 15) is 14.4 Å². The summed E-state index contributed by atoms with van der Waals surface area (Å²) in [5.74, 6) is -0.0186. The minimum atomic E-state index is -0.203. The van der Waals surface area contributed by atoms with Crippen molar-refractivity contribution >= 4 is 28.8 Å². The number of hydrogen-bond donors (Lipinski definition) is 0. The molecule has 0 bridgehead atoms. The van der Waals surface area contributed by atoms with Gasteiger partial charge in [-0.3, -0.25) is 19.3 Å². The quantitative estimate of drug-likeness (QED) is 0.829. The zero-order valence-electron chi connectivity index (χ0n) is 13.4. The molecule has 1 aromatic heterocycles. The molecule has 128 valence electrons. The van der Waals surface area contributed by atoms with E-state index in [2.05, 4.69) is 4.98 Å². The normalized spacial score (nSPS) is 17.9.